The maximum atomic E-state index is 12.7. The summed E-state index contributed by atoms with van der Waals surface area (Å²) in [5.74, 6) is -1.57. The van der Waals surface area contributed by atoms with Gasteiger partial charge in [0.1, 0.15) is 0 Å². The van der Waals surface area contributed by atoms with Gasteiger partial charge in [0.15, 0.2) is 0 Å². The lowest BCUT2D eigenvalue weighted by molar-refractivity contribution is -0.159. The molecule has 0 radical (unpaired) electrons. The Bertz CT molecular complexity index is 1190. The van der Waals surface area contributed by atoms with Crippen molar-refractivity contribution in [2.75, 3.05) is 25.0 Å². The number of halogens is 4. The zero-order valence-electron chi connectivity index (χ0n) is 16.0. The molecular weight excluding hydrogens is 457 g/mol. The second-order valence-electron chi connectivity index (χ2n) is 7.01. The van der Waals surface area contributed by atoms with E-state index in [4.69, 9.17) is 11.6 Å². The van der Waals surface area contributed by atoms with E-state index in [9.17, 15) is 21.6 Å². The van der Waals surface area contributed by atoms with Gasteiger partial charge in [0.25, 0.3) is 0 Å². The lowest BCUT2D eigenvalue weighted by Crippen LogP contribution is -2.60. The molecular formula is C19H16ClF3N4O3S. The number of aromatic nitrogens is 2. The average molecular weight is 473 g/mol. The van der Waals surface area contributed by atoms with E-state index in [0.717, 1.165) is 5.69 Å². The van der Waals surface area contributed by atoms with Crippen molar-refractivity contribution in [1.82, 2.24) is 14.4 Å². The first-order valence-electron chi connectivity index (χ1n) is 9.05. The molecule has 1 aliphatic rings. The van der Waals surface area contributed by atoms with Gasteiger partial charge in [0.05, 0.1) is 10.9 Å². The molecule has 7 nitrogen and oxygen atoms in total. The molecule has 2 heterocycles. The molecule has 0 bridgehead atoms. The van der Waals surface area contributed by atoms with Gasteiger partial charge in [0, 0.05) is 36.4 Å². The SMILES string of the molecule is CN(c1ccc(-c2noc(C(F)(F)F)n2)cc1)C1CN(S(=O)(=O)c2cccc(Cl)c2)C1. The topological polar surface area (TPSA) is 79.5 Å². The normalized spacial score (nSPS) is 15.6. The monoisotopic (exact) mass is 472 g/mol. The zero-order valence-corrected chi connectivity index (χ0v) is 17.6. The molecule has 164 valence electrons. The van der Waals surface area contributed by atoms with Gasteiger partial charge in [-0.1, -0.05) is 22.8 Å². The van der Waals surface area contributed by atoms with Gasteiger partial charge in [-0.2, -0.15) is 22.5 Å². The molecule has 12 heteroatoms. The molecule has 4 rings (SSSR count). The van der Waals surface area contributed by atoms with Crippen LogP contribution in [-0.2, 0) is 16.2 Å². The van der Waals surface area contributed by atoms with Crippen LogP contribution in [0, 0.1) is 0 Å². The van der Waals surface area contributed by atoms with E-state index < -0.39 is 22.1 Å². The summed E-state index contributed by atoms with van der Waals surface area (Å²) in [4.78, 5) is 5.41. The predicted molar refractivity (Wildman–Crippen MR) is 107 cm³/mol. The van der Waals surface area contributed by atoms with Gasteiger partial charge in [0.2, 0.25) is 15.8 Å². The van der Waals surface area contributed by atoms with E-state index in [-0.39, 0.29) is 16.8 Å². The number of alkyl halides is 3. The summed E-state index contributed by atoms with van der Waals surface area (Å²) in [5.41, 5.74) is 1.14. The molecule has 0 N–H and O–H groups in total. The smallest absolute Gasteiger partial charge is 0.369 e. The second-order valence-corrected chi connectivity index (χ2v) is 9.39. The molecule has 31 heavy (non-hydrogen) atoms. The lowest BCUT2D eigenvalue weighted by atomic mass is 10.1. The molecule has 2 aromatic carbocycles. The van der Waals surface area contributed by atoms with Crippen molar-refractivity contribution in [1.29, 1.82) is 0 Å². The van der Waals surface area contributed by atoms with Crippen molar-refractivity contribution in [2.24, 2.45) is 0 Å². The quantitative estimate of drug-likeness (QED) is 0.560. The van der Waals surface area contributed by atoms with Crippen molar-refractivity contribution in [3.8, 4) is 11.4 Å². The number of benzene rings is 2. The van der Waals surface area contributed by atoms with Gasteiger partial charge in [-0.3, -0.25) is 0 Å². The minimum Gasteiger partial charge on any atom is -0.369 e. The Balaban J connectivity index is 1.42. The molecule has 1 fully saturated rings. The van der Waals surface area contributed by atoms with Crippen molar-refractivity contribution in [3.05, 3.63) is 59.4 Å². The molecule has 0 saturated carbocycles. The van der Waals surface area contributed by atoms with Crippen molar-refractivity contribution in [2.45, 2.75) is 17.1 Å². The van der Waals surface area contributed by atoms with E-state index in [1.165, 1.54) is 16.4 Å². The molecule has 3 aromatic rings. The summed E-state index contributed by atoms with van der Waals surface area (Å²) in [6, 6.07) is 12.6. The van der Waals surface area contributed by atoms with Crippen LogP contribution < -0.4 is 4.90 Å². The van der Waals surface area contributed by atoms with Crippen molar-refractivity contribution >= 4 is 27.3 Å². The Kier molecular flexibility index (Phi) is 5.44. The fourth-order valence-electron chi connectivity index (χ4n) is 3.15. The van der Waals surface area contributed by atoms with Crippen LogP contribution in [0.4, 0.5) is 18.9 Å². The molecule has 0 atom stereocenters. The Morgan fingerprint density at radius 2 is 1.84 bits per heavy atom. The Hall–Kier alpha value is -2.63. The minimum atomic E-state index is -4.70. The highest BCUT2D eigenvalue weighted by Crippen LogP contribution is 2.31. The first-order valence-corrected chi connectivity index (χ1v) is 10.9. The summed E-state index contributed by atoms with van der Waals surface area (Å²) in [6.07, 6.45) is -4.70. The molecule has 1 aromatic heterocycles. The van der Waals surface area contributed by atoms with E-state index >= 15 is 0 Å². The summed E-state index contributed by atoms with van der Waals surface area (Å²) in [5, 5.41) is 3.71. The number of nitrogens with zero attached hydrogens (tertiary/aromatic N) is 4. The molecule has 0 unspecified atom stereocenters. The maximum absolute atomic E-state index is 12.7. The summed E-state index contributed by atoms with van der Waals surface area (Å²) in [7, 11) is -1.80. The van der Waals surface area contributed by atoms with E-state index in [0.29, 0.717) is 23.7 Å². The highest BCUT2D eigenvalue weighted by atomic mass is 35.5. The number of rotatable bonds is 5. The first-order chi connectivity index (χ1) is 14.6. The van der Waals surface area contributed by atoms with Gasteiger partial charge >= 0.3 is 12.1 Å². The third kappa shape index (κ3) is 4.25. The highest BCUT2D eigenvalue weighted by molar-refractivity contribution is 7.89. The Morgan fingerprint density at radius 1 is 1.16 bits per heavy atom. The molecule has 0 spiro atoms. The third-order valence-electron chi connectivity index (χ3n) is 5.01. The zero-order chi connectivity index (χ0) is 22.4. The maximum Gasteiger partial charge on any atom is 0.471 e. The van der Waals surface area contributed by atoms with Crippen LogP contribution in [0.3, 0.4) is 0 Å². The molecule has 0 amide bonds. The number of sulfonamides is 1. The lowest BCUT2D eigenvalue weighted by Gasteiger charge is -2.43. The van der Waals surface area contributed by atoms with Crippen molar-refractivity contribution in [3.63, 3.8) is 0 Å². The first kappa shape index (κ1) is 21.6. The predicted octanol–water partition coefficient (Wildman–Crippen LogP) is 3.92. The van der Waals surface area contributed by atoms with E-state index in [1.54, 1.807) is 36.4 Å². The van der Waals surface area contributed by atoms with E-state index in [1.807, 2.05) is 11.9 Å². The fourth-order valence-corrected chi connectivity index (χ4v) is 4.96. The second kappa shape index (κ2) is 7.81. The fraction of sp³-hybridized carbons (Fsp3) is 0.263. The minimum absolute atomic E-state index is 0.0539. The van der Waals surface area contributed by atoms with Crippen LogP contribution in [0.15, 0.2) is 57.9 Å². The molecule has 1 saturated heterocycles. The van der Waals surface area contributed by atoms with Crippen LogP contribution in [0.25, 0.3) is 11.4 Å². The van der Waals surface area contributed by atoms with Crippen LogP contribution in [0.5, 0.6) is 0 Å². The van der Waals surface area contributed by atoms with Gasteiger partial charge < -0.3 is 9.42 Å². The summed E-state index contributed by atoms with van der Waals surface area (Å²) < 4.78 is 68.8. The summed E-state index contributed by atoms with van der Waals surface area (Å²) >= 11 is 5.89. The molecule has 1 aliphatic heterocycles. The van der Waals surface area contributed by atoms with Gasteiger partial charge in [-0.05, 0) is 42.5 Å². The van der Waals surface area contributed by atoms with Crippen LogP contribution in [0.1, 0.15) is 5.89 Å². The third-order valence-corrected chi connectivity index (χ3v) is 7.07. The van der Waals surface area contributed by atoms with E-state index in [2.05, 4.69) is 14.7 Å². The van der Waals surface area contributed by atoms with Crippen LogP contribution >= 0.6 is 11.6 Å². The Morgan fingerprint density at radius 3 is 2.42 bits per heavy atom. The van der Waals surface area contributed by atoms with Gasteiger partial charge in [-0.15, -0.1) is 0 Å². The highest BCUT2D eigenvalue weighted by Gasteiger charge is 2.39. The van der Waals surface area contributed by atoms with Crippen LogP contribution in [0.2, 0.25) is 5.02 Å². The largest absolute Gasteiger partial charge is 0.471 e. The number of hydrogen-bond acceptors (Lipinski definition) is 6. The van der Waals surface area contributed by atoms with Crippen LogP contribution in [-0.4, -0.2) is 49.0 Å². The number of anilines is 1. The van der Waals surface area contributed by atoms with Crippen molar-refractivity contribution < 1.29 is 26.1 Å². The number of hydrogen-bond donors (Lipinski definition) is 0. The standard InChI is InChI=1S/C19H16ClF3N4O3S/c1-26(15-10-27(11-15)31(28,29)16-4-2-3-13(20)9-16)14-7-5-12(6-8-14)17-24-18(30-25-17)19(21,22)23/h2-9,15H,10-11H2,1H3. The average Bonchev–Trinajstić information content (AvgIpc) is 3.17. The summed E-state index contributed by atoms with van der Waals surface area (Å²) in [6.45, 7) is 0.597. The van der Waals surface area contributed by atoms with Gasteiger partial charge in [-0.25, -0.2) is 8.42 Å². The number of likely N-dealkylation sites (N-methyl/N-ethyl adjacent to an activating group) is 1. The Labute approximate surface area is 181 Å². The molecule has 0 aliphatic carbocycles.